The van der Waals surface area contributed by atoms with E-state index < -0.39 is 18.1 Å². The summed E-state index contributed by atoms with van der Waals surface area (Å²) in [7, 11) is 3.72. The summed E-state index contributed by atoms with van der Waals surface area (Å²) < 4.78 is 28.5. The van der Waals surface area contributed by atoms with Crippen LogP contribution < -0.4 is 10.9 Å². The molecular formula is C56H63FN6O8S2. The predicted molar refractivity (Wildman–Crippen MR) is 280 cm³/mol. The highest BCUT2D eigenvalue weighted by Crippen LogP contribution is 2.49. The zero-order valence-corrected chi connectivity index (χ0v) is 43.6. The number of nitrogens with zero attached hydrogens (tertiary/aromatic N) is 5. The number of esters is 1. The normalized spacial score (nSPS) is 20.0. The lowest BCUT2D eigenvalue weighted by atomic mass is 9.81. The SMILES string of the molecule is CC[C@H]1C(=O)OCc2c1cc1n(c2=O)Cc2c-1nc1cc(F)c(C)c3c1c2[C@@H](NC(=O)OCC1(SSCCN2CCN(Cc4ccc5c(c4)CN(C(=O)c4cc(C(C)C)c(O)cc4O)C5)CC2)CCCC1)CC3. The smallest absolute Gasteiger partial charge is 0.407 e. The molecule has 6 aliphatic rings. The molecule has 17 heteroatoms. The summed E-state index contributed by atoms with van der Waals surface area (Å²) in [5, 5.41) is 24.9. The van der Waals surface area contributed by atoms with Crippen LogP contribution in [0.4, 0.5) is 9.18 Å². The van der Waals surface area contributed by atoms with E-state index in [-0.39, 0.29) is 64.1 Å². The van der Waals surface area contributed by atoms with Crippen molar-refractivity contribution in [1.29, 1.82) is 0 Å². The number of alkyl carbamates (subject to hydrolysis) is 1. The predicted octanol–water partition coefficient (Wildman–Crippen LogP) is 9.34. The Balaban J connectivity index is 0.680. The van der Waals surface area contributed by atoms with Crippen molar-refractivity contribution in [1.82, 2.24) is 29.6 Å². The van der Waals surface area contributed by atoms with E-state index in [4.69, 9.17) is 14.5 Å². The Labute approximate surface area is 432 Å². The van der Waals surface area contributed by atoms with Crippen LogP contribution >= 0.6 is 21.6 Å². The number of hydrogen-bond donors (Lipinski definition) is 3. The Bertz CT molecular complexity index is 3130. The number of benzene rings is 3. The van der Waals surface area contributed by atoms with Crippen LogP contribution in [0.2, 0.25) is 0 Å². The number of hydrogen-bond acceptors (Lipinski definition) is 13. The second kappa shape index (κ2) is 19.9. The number of aromatic nitrogens is 2. The summed E-state index contributed by atoms with van der Waals surface area (Å²) in [4.78, 5) is 66.0. The Morgan fingerprint density at radius 1 is 0.959 bits per heavy atom. The summed E-state index contributed by atoms with van der Waals surface area (Å²) in [6, 6.07) is 12.3. The molecular weight excluding hydrogens is 968 g/mol. The van der Waals surface area contributed by atoms with Crippen molar-refractivity contribution < 1.29 is 38.5 Å². The topological polar surface area (TPSA) is 167 Å². The summed E-state index contributed by atoms with van der Waals surface area (Å²) in [5.41, 5.74) is 9.98. The lowest BCUT2D eigenvalue weighted by Crippen LogP contribution is -2.46. The molecule has 2 aromatic heterocycles. The molecule has 0 unspecified atom stereocenters. The molecule has 0 radical (unpaired) electrons. The lowest BCUT2D eigenvalue weighted by molar-refractivity contribution is -0.148. The second-order valence-corrected chi connectivity index (χ2v) is 24.1. The molecule has 3 N–H and O–H groups in total. The fourth-order valence-electron chi connectivity index (χ4n) is 12.2. The van der Waals surface area contributed by atoms with E-state index in [0.717, 1.165) is 104 Å². The molecule has 5 aromatic rings. The number of carbonyl (C=O) groups excluding carboxylic acids is 3. The number of ether oxygens (including phenoxy) is 2. The number of rotatable bonds is 13. The van der Waals surface area contributed by atoms with Crippen LogP contribution in [0.3, 0.4) is 0 Å². The number of aromatic hydroxyl groups is 2. The van der Waals surface area contributed by atoms with E-state index in [1.807, 2.05) is 48.4 Å². The van der Waals surface area contributed by atoms with Crippen molar-refractivity contribution in [3.8, 4) is 22.9 Å². The number of amides is 2. The fourth-order valence-corrected chi connectivity index (χ4v) is 15.3. The number of phenols is 2. The molecule has 4 aliphatic heterocycles. The minimum atomic E-state index is -0.551. The molecule has 11 rings (SSSR count). The number of carbonyl (C=O) groups is 3. The van der Waals surface area contributed by atoms with Crippen LogP contribution in [0.5, 0.6) is 11.5 Å². The number of halogens is 1. The standard InChI is InChI=1S/C56H63FN6O8S2/c1-5-36-39-22-46-51-41(28-63(46)53(67)42(39)29-70-54(36)68)50-44(11-10-37-32(4)43(57)23-45(58-51)49(37)50)59-55(69)71-30-56(12-6-7-13-56)73-72-19-18-60-14-16-61(17-15-60)25-33-8-9-34-26-62(27-35(34)20-33)52(66)40-21-38(31(2)3)47(64)24-48(40)65/h8-9,20-24,31,36,44,64-65H,5-7,10-19,25-30H2,1-4H3,(H,59,69)/t36-,44+/m1/s1. The van der Waals surface area contributed by atoms with Crippen molar-refractivity contribution in [2.24, 2.45) is 0 Å². The van der Waals surface area contributed by atoms with Gasteiger partial charge in [0.25, 0.3) is 11.5 Å². The van der Waals surface area contributed by atoms with E-state index in [1.165, 1.54) is 17.7 Å². The van der Waals surface area contributed by atoms with Crippen LogP contribution in [-0.2, 0) is 53.5 Å². The first-order valence-electron chi connectivity index (χ1n) is 25.9. The van der Waals surface area contributed by atoms with Gasteiger partial charge in [-0.05, 0) is 102 Å². The highest BCUT2D eigenvalue weighted by Gasteiger charge is 2.40. The van der Waals surface area contributed by atoms with Crippen molar-refractivity contribution >= 4 is 50.5 Å². The van der Waals surface area contributed by atoms with Crippen LogP contribution in [0.1, 0.15) is 143 Å². The van der Waals surface area contributed by atoms with E-state index in [1.54, 1.807) is 22.5 Å². The molecule has 2 fully saturated rings. The summed E-state index contributed by atoms with van der Waals surface area (Å²) >= 11 is 0. The zero-order chi connectivity index (χ0) is 50.9. The molecule has 0 bridgehead atoms. The Morgan fingerprint density at radius 2 is 1.73 bits per heavy atom. The molecule has 2 atom stereocenters. The van der Waals surface area contributed by atoms with Gasteiger partial charge < -0.3 is 34.5 Å². The van der Waals surface area contributed by atoms with Gasteiger partial charge in [-0.15, -0.1) is 0 Å². The minimum absolute atomic E-state index is 0.00477. The van der Waals surface area contributed by atoms with Gasteiger partial charge in [-0.3, -0.25) is 24.2 Å². The zero-order valence-electron chi connectivity index (χ0n) is 42.0. The summed E-state index contributed by atoms with van der Waals surface area (Å²) in [5.74, 6) is -0.726. The summed E-state index contributed by atoms with van der Waals surface area (Å²) in [6.07, 6.45) is 5.21. The molecule has 14 nitrogen and oxygen atoms in total. The second-order valence-electron chi connectivity index (χ2n) is 21.2. The molecule has 0 spiro atoms. The lowest BCUT2D eigenvalue weighted by Gasteiger charge is -2.35. The van der Waals surface area contributed by atoms with Gasteiger partial charge in [0.15, 0.2) is 0 Å². The number of cyclic esters (lactones) is 1. The Morgan fingerprint density at radius 3 is 2.49 bits per heavy atom. The molecule has 6 heterocycles. The summed E-state index contributed by atoms with van der Waals surface area (Å²) in [6.45, 7) is 14.7. The first-order valence-corrected chi connectivity index (χ1v) is 28.2. The van der Waals surface area contributed by atoms with Crippen LogP contribution in [0.25, 0.3) is 22.3 Å². The number of phenolic OH excluding ortho intramolecular Hbond substituents is 2. The van der Waals surface area contributed by atoms with Gasteiger partial charge in [0.1, 0.15) is 30.5 Å². The molecule has 1 saturated carbocycles. The van der Waals surface area contributed by atoms with Crippen LogP contribution in [0.15, 0.2) is 47.3 Å². The van der Waals surface area contributed by atoms with Gasteiger partial charge >= 0.3 is 12.1 Å². The van der Waals surface area contributed by atoms with E-state index in [2.05, 4.69) is 33.3 Å². The monoisotopic (exact) mass is 1030 g/mol. The maximum absolute atomic E-state index is 15.5. The first kappa shape index (κ1) is 49.6. The molecule has 2 amide bonds. The van der Waals surface area contributed by atoms with Crippen molar-refractivity contribution in [2.75, 3.05) is 45.1 Å². The Hall–Kier alpha value is -5.62. The molecule has 3 aromatic carbocycles. The van der Waals surface area contributed by atoms with Gasteiger partial charge in [-0.1, -0.05) is 73.4 Å². The number of fused-ring (bicyclic) bond motifs is 6. The van der Waals surface area contributed by atoms with Crippen molar-refractivity contribution in [2.45, 2.75) is 128 Å². The first-order chi connectivity index (χ1) is 35.2. The number of pyridine rings is 2. The maximum atomic E-state index is 15.5. The molecule has 1 saturated heterocycles. The van der Waals surface area contributed by atoms with Gasteiger partial charge in [0.05, 0.1) is 51.3 Å². The van der Waals surface area contributed by atoms with Gasteiger partial charge in [-0.2, -0.15) is 0 Å². The number of piperazine rings is 1. The van der Waals surface area contributed by atoms with Gasteiger partial charge in [0.2, 0.25) is 0 Å². The molecule has 2 aliphatic carbocycles. The van der Waals surface area contributed by atoms with Crippen LogP contribution in [0, 0.1) is 12.7 Å². The molecule has 384 valence electrons. The number of aryl methyl sites for hydroxylation is 1. The average Bonchev–Trinajstić information content (AvgIpc) is 4.13. The quantitative estimate of drug-likeness (QED) is 0.0570. The van der Waals surface area contributed by atoms with E-state index >= 15 is 4.39 Å². The third-order valence-corrected chi connectivity index (χ3v) is 19.6. The minimum Gasteiger partial charge on any atom is -0.508 e. The highest BCUT2D eigenvalue weighted by molar-refractivity contribution is 8.77. The highest BCUT2D eigenvalue weighted by atomic mass is 33.1. The number of nitrogens with one attached hydrogen (secondary N) is 1. The van der Waals surface area contributed by atoms with E-state index in [0.29, 0.717) is 78.1 Å². The van der Waals surface area contributed by atoms with E-state index in [9.17, 15) is 29.4 Å². The fraction of sp³-hybridized carbons (Fsp3) is 0.482. The van der Waals surface area contributed by atoms with Crippen molar-refractivity contribution in [3.05, 3.63) is 120 Å². The largest absolute Gasteiger partial charge is 0.508 e. The third kappa shape index (κ3) is 9.26. The van der Waals surface area contributed by atoms with Crippen LogP contribution in [-0.4, -0.2) is 102 Å². The average molecular weight is 1030 g/mol. The Kier molecular flexibility index (Phi) is 13.5. The van der Waals surface area contributed by atoms with Gasteiger partial charge in [0, 0.05) is 81.2 Å². The molecule has 73 heavy (non-hydrogen) atoms. The maximum Gasteiger partial charge on any atom is 0.407 e. The third-order valence-electron chi connectivity index (χ3n) is 16.3. The van der Waals surface area contributed by atoms with Crippen molar-refractivity contribution in [3.63, 3.8) is 0 Å². The van der Waals surface area contributed by atoms with Gasteiger partial charge in [-0.25, -0.2) is 14.2 Å².